The van der Waals surface area contributed by atoms with Gasteiger partial charge in [0.2, 0.25) is 0 Å². The summed E-state index contributed by atoms with van der Waals surface area (Å²) in [5, 5.41) is 4.83. The number of anilines is 2. The van der Waals surface area contributed by atoms with E-state index in [2.05, 4.69) is 10.3 Å². The van der Waals surface area contributed by atoms with Crippen molar-refractivity contribution in [1.29, 1.82) is 0 Å². The highest BCUT2D eigenvalue weighted by atomic mass is 35.5. The fraction of sp³-hybridized carbons (Fsp3) is 0.182. The Balaban J connectivity index is 2.75. The maximum atomic E-state index is 6.05. The zero-order valence-corrected chi connectivity index (χ0v) is 9.17. The Morgan fingerprint density at radius 3 is 3.00 bits per heavy atom. The van der Waals surface area contributed by atoms with Gasteiger partial charge in [0.1, 0.15) is 0 Å². The van der Waals surface area contributed by atoms with Crippen LogP contribution in [0.4, 0.5) is 11.4 Å². The van der Waals surface area contributed by atoms with Crippen LogP contribution in [0.5, 0.6) is 0 Å². The summed E-state index contributed by atoms with van der Waals surface area (Å²) in [6.07, 6.45) is 1.63. The Bertz CT molecular complexity index is 496. The van der Waals surface area contributed by atoms with E-state index in [9.17, 15) is 0 Å². The molecule has 0 radical (unpaired) electrons. The topological polar surface area (TPSA) is 50.9 Å². The average molecular weight is 222 g/mol. The average Bonchev–Trinajstić information content (AvgIpc) is 2.23. The van der Waals surface area contributed by atoms with Crippen LogP contribution in [0.25, 0.3) is 10.9 Å². The minimum Gasteiger partial charge on any atom is -0.396 e. The first-order chi connectivity index (χ1) is 7.24. The summed E-state index contributed by atoms with van der Waals surface area (Å²) < 4.78 is 0. The highest BCUT2D eigenvalue weighted by Crippen LogP contribution is 2.31. The van der Waals surface area contributed by atoms with Crippen LogP contribution >= 0.6 is 11.6 Å². The monoisotopic (exact) mass is 221 g/mol. The van der Waals surface area contributed by atoms with E-state index in [1.54, 1.807) is 6.20 Å². The Labute approximate surface area is 93.3 Å². The molecule has 2 aromatic rings. The first kappa shape index (κ1) is 10.1. The molecular weight excluding hydrogens is 210 g/mol. The zero-order chi connectivity index (χ0) is 10.8. The van der Waals surface area contributed by atoms with Gasteiger partial charge >= 0.3 is 0 Å². The smallest absolute Gasteiger partial charge is 0.0910 e. The largest absolute Gasteiger partial charge is 0.396 e. The molecule has 0 saturated heterocycles. The number of aromatic nitrogens is 1. The number of pyridine rings is 1. The number of nitrogens with one attached hydrogen (secondary N) is 1. The number of hydrogen-bond acceptors (Lipinski definition) is 3. The minimum absolute atomic E-state index is 0.645. The predicted octanol–water partition coefficient (Wildman–Crippen LogP) is 2.90. The number of benzene rings is 1. The first-order valence-corrected chi connectivity index (χ1v) is 5.18. The van der Waals surface area contributed by atoms with Gasteiger partial charge in [0.05, 0.1) is 28.1 Å². The number of nitrogens with two attached hydrogens (primary N) is 1. The van der Waals surface area contributed by atoms with Gasteiger partial charge in [-0.25, -0.2) is 0 Å². The van der Waals surface area contributed by atoms with Crippen LogP contribution < -0.4 is 11.1 Å². The van der Waals surface area contributed by atoms with Gasteiger partial charge in [0, 0.05) is 11.9 Å². The summed E-state index contributed by atoms with van der Waals surface area (Å²) in [5.74, 6) is 0. The molecule has 78 valence electrons. The third-order valence-electron chi connectivity index (χ3n) is 2.23. The molecule has 0 amide bonds. The lowest BCUT2D eigenvalue weighted by Gasteiger charge is -2.10. The van der Waals surface area contributed by atoms with Crippen LogP contribution in [-0.4, -0.2) is 11.5 Å². The van der Waals surface area contributed by atoms with E-state index < -0.39 is 0 Å². The van der Waals surface area contributed by atoms with Crippen molar-refractivity contribution in [1.82, 2.24) is 4.98 Å². The fourth-order valence-electron chi connectivity index (χ4n) is 1.58. The lowest BCUT2D eigenvalue weighted by molar-refractivity contribution is 1.22. The van der Waals surface area contributed by atoms with Crippen molar-refractivity contribution in [2.45, 2.75) is 6.92 Å². The highest BCUT2D eigenvalue weighted by Gasteiger charge is 2.07. The molecule has 3 N–H and O–H groups in total. The number of hydrogen-bond donors (Lipinski definition) is 2. The number of nitrogens with zero attached hydrogens (tertiary/aromatic N) is 1. The van der Waals surface area contributed by atoms with Crippen LogP contribution in [0, 0.1) is 0 Å². The van der Waals surface area contributed by atoms with Crippen molar-refractivity contribution in [3.05, 3.63) is 29.4 Å². The van der Waals surface area contributed by atoms with Gasteiger partial charge in [-0.3, -0.25) is 4.98 Å². The van der Waals surface area contributed by atoms with E-state index in [4.69, 9.17) is 17.3 Å². The lowest BCUT2D eigenvalue weighted by Crippen LogP contribution is -2.02. The summed E-state index contributed by atoms with van der Waals surface area (Å²) in [5.41, 5.74) is 8.19. The molecule has 0 bridgehead atoms. The van der Waals surface area contributed by atoms with Gasteiger partial charge in [0.25, 0.3) is 0 Å². The molecular formula is C11H12ClN3. The molecule has 0 saturated carbocycles. The molecule has 15 heavy (non-hydrogen) atoms. The third kappa shape index (κ3) is 1.70. The van der Waals surface area contributed by atoms with Gasteiger partial charge in [-0.15, -0.1) is 0 Å². The Kier molecular flexibility index (Phi) is 2.64. The van der Waals surface area contributed by atoms with Crippen molar-refractivity contribution in [3.8, 4) is 0 Å². The number of nitrogen functional groups attached to an aromatic ring is 1. The van der Waals surface area contributed by atoms with Crippen molar-refractivity contribution in [3.63, 3.8) is 0 Å². The molecule has 0 unspecified atom stereocenters. The second-order valence-electron chi connectivity index (χ2n) is 3.25. The molecule has 0 aliphatic heterocycles. The van der Waals surface area contributed by atoms with E-state index in [1.165, 1.54) is 0 Å². The number of halogens is 1. The van der Waals surface area contributed by atoms with Crippen LogP contribution in [-0.2, 0) is 0 Å². The SMILES string of the molecule is CCNc1c(N)cnc2c(Cl)cccc12. The number of fused-ring (bicyclic) bond motifs is 1. The minimum atomic E-state index is 0.645. The lowest BCUT2D eigenvalue weighted by atomic mass is 10.1. The molecule has 0 atom stereocenters. The molecule has 3 nitrogen and oxygen atoms in total. The van der Waals surface area contributed by atoms with Crippen molar-refractivity contribution >= 4 is 33.9 Å². The summed E-state index contributed by atoms with van der Waals surface area (Å²) in [4.78, 5) is 4.23. The molecule has 0 aliphatic rings. The van der Waals surface area contributed by atoms with E-state index in [-0.39, 0.29) is 0 Å². The third-order valence-corrected chi connectivity index (χ3v) is 2.54. The van der Waals surface area contributed by atoms with E-state index in [1.807, 2.05) is 25.1 Å². The first-order valence-electron chi connectivity index (χ1n) is 4.80. The normalized spacial score (nSPS) is 10.5. The highest BCUT2D eigenvalue weighted by molar-refractivity contribution is 6.35. The molecule has 2 rings (SSSR count). The standard InChI is InChI=1S/C11H12ClN3/c1-2-14-11-7-4-3-5-8(12)10(7)15-6-9(11)13/h3-6H,2,13H2,1H3,(H,14,15). The summed E-state index contributed by atoms with van der Waals surface area (Å²) in [6, 6.07) is 5.68. The quantitative estimate of drug-likeness (QED) is 0.820. The molecule has 1 aromatic carbocycles. The van der Waals surface area contributed by atoms with Crippen LogP contribution in [0.3, 0.4) is 0 Å². The maximum absolute atomic E-state index is 6.05. The van der Waals surface area contributed by atoms with E-state index in [0.29, 0.717) is 10.7 Å². The van der Waals surface area contributed by atoms with Gasteiger partial charge in [-0.05, 0) is 13.0 Å². The zero-order valence-electron chi connectivity index (χ0n) is 8.42. The van der Waals surface area contributed by atoms with Gasteiger partial charge < -0.3 is 11.1 Å². The van der Waals surface area contributed by atoms with Crippen LogP contribution in [0.1, 0.15) is 6.92 Å². The Morgan fingerprint density at radius 1 is 1.47 bits per heavy atom. The Morgan fingerprint density at radius 2 is 2.27 bits per heavy atom. The molecule has 0 spiro atoms. The second-order valence-corrected chi connectivity index (χ2v) is 3.66. The molecule has 1 heterocycles. The van der Waals surface area contributed by atoms with E-state index in [0.717, 1.165) is 23.1 Å². The molecule has 1 aromatic heterocycles. The van der Waals surface area contributed by atoms with Gasteiger partial charge in [-0.1, -0.05) is 23.7 Å². The summed E-state index contributed by atoms with van der Waals surface area (Å²) in [7, 11) is 0. The summed E-state index contributed by atoms with van der Waals surface area (Å²) in [6.45, 7) is 2.84. The van der Waals surface area contributed by atoms with Crippen LogP contribution in [0.2, 0.25) is 5.02 Å². The van der Waals surface area contributed by atoms with Crippen LogP contribution in [0.15, 0.2) is 24.4 Å². The van der Waals surface area contributed by atoms with Gasteiger partial charge in [0.15, 0.2) is 0 Å². The van der Waals surface area contributed by atoms with Crippen molar-refractivity contribution < 1.29 is 0 Å². The van der Waals surface area contributed by atoms with Gasteiger partial charge in [-0.2, -0.15) is 0 Å². The van der Waals surface area contributed by atoms with Crippen molar-refractivity contribution in [2.24, 2.45) is 0 Å². The second kappa shape index (κ2) is 3.95. The summed E-state index contributed by atoms with van der Waals surface area (Å²) >= 11 is 6.05. The maximum Gasteiger partial charge on any atom is 0.0910 e. The molecule has 0 aliphatic carbocycles. The Hall–Kier alpha value is -1.48. The number of rotatable bonds is 2. The number of para-hydroxylation sites is 1. The van der Waals surface area contributed by atoms with Crippen molar-refractivity contribution in [2.75, 3.05) is 17.6 Å². The fourth-order valence-corrected chi connectivity index (χ4v) is 1.80. The van der Waals surface area contributed by atoms with E-state index >= 15 is 0 Å². The molecule has 0 fully saturated rings. The molecule has 4 heteroatoms. The predicted molar refractivity (Wildman–Crippen MR) is 65.3 cm³/mol.